The van der Waals surface area contributed by atoms with Crippen LogP contribution in [0.3, 0.4) is 0 Å². The number of benzene rings is 3. The first kappa shape index (κ1) is 45.2. The average molecular weight is 731 g/mol. The molecule has 0 bridgehead atoms. The van der Waals surface area contributed by atoms with E-state index in [9.17, 15) is 0 Å². The van der Waals surface area contributed by atoms with Gasteiger partial charge in [0.1, 0.15) is 17.4 Å². The summed E-state index contributed by atoms with van der Waals surface area (Å²) in [6.45, 7) is 28.5. The predicted molar refractivity (Wildman–Crippen MR) is 227 cm³/mol. The van der Waals surface area contributed by atoms with Crippen molar-refractivity contribution in [2.45, 2.75) is 101 Å². The van der Waals surface area contributed by atoms with Crippen molar-refractivity contribution in [3.63, 3.8) is 0 Å². The molecule has 9 heteroatoms. The SMILES string of the molecule is CC.CC.CC.CC(C)CCOc1ccc(-c2nc3ccc(-c4nc5ccc(N6CCN(C)CC6)cc5[nH]4)cc3[nH]2)cc1.CCCOC(C)(C)CCO. The Hall–Kier alpha value is -3.92. The molecule has 294 valence electrons. The van der Waals surface area contributed by atoms with E-state index in [1.165, 1.54) is 5.69 Å². The molecule has 0 aliphatic carbocycles. The van der Waals surface area contributed by atoms with Gasteiger partial charge in [-0.25, -0.2) is 9.97 Å². The van der Waals surface area contributed by atoms with E-state index in [0.717, 1.165) is 103 Å². The molecule has 0 unspecified atom stereocenters. The van der Waals surface area contributed by atoms with Gasteiger partial charge in [-0.15, -0.1) is 0 Å². The van der Waals surface area contributed by atoms with Gasteiger partial charge in [-0.1, -0.05) is 62.3 Å². The van der Waals surface area contributed by atoms with E-state index in [0.29, 0.717) is 12.3 Å². The lowest BCUT2D eigenvalue weighted by atomic mass is 10.1. The van der Waals surface area contributed by atoms with Gasteiger partial charge in [0, 0.05) is 56.2 Å². The van der Waals surface area contributed by atoms with E-state index in [4.69, 9.17) is 24.5 Å². The highest BCUT2D eigenvalue weighted by molar-refractivity contribution is 5.87. The highest BCUT2D eigenvalue weighted by Gasteiger charge is 2.17. The van der Waals surface area contributed by atoms with Gasteiger partial charge in [-0.3, -0.25) is 0 Å². The maximum Gasteiger partial charge on any atom is 0.138 e. The van der Waals surface area contributed by atoms with Crippen molar-refractivity contribution >= 4 is 27.8 Å². The van der Waals surface area contributed by atoms with E-state index >= 15 is 0 Å². The number of nitrogens with zero attached hydrogens (tertiary/aromatic N) is 4. The molecule has 3 heterocycles. The smallest absolute Gasteiger partial charge is 0.138 e. The van der Waals surface area contributed by atoms with Crippen LogP contribution < -0.4 is 9.64 Å². The number of H-pyrrole nitrogens is 2. The number of likely N-dealkylation sites (N-methyl/N-ethyl adjacent to an activating group) is 1. The number of hydrogen-bond acceptors (Lipinski definition) is 7. The van der Waals surface area contributed by atoms with Gasteiger partial charge in [0.25, 0.3) is 0 Å². The highest BCUT2D eigenvalue weighted by atomic mass is 16.5. The largest absolute Gasteiger partial charge is 0.494 e. The van der Waals surface area contributed by atoms with Crippen molar-refractivity contribution < 1.29 is 14.6 Å². The van der Waals surface area contributed by atoms with Crippen molar-refractivity contribution in [3.8, 4) is 28.5 Å². The Balaban J connectivity index is 0.000000521. The summed E-state index contributed by atoms with van der Waals surface area (Å²) in [4.78, 5) is 21.5. The molecule has 0 saturated carbocycles. The molecule has 53 heavy (non-hydrogen) atoms. The number of nitrogens with one attached hydrogen (secondary N) is 2. The topological polar surface area (TPSA) is 103 Å². The number of aliphatic hydroxyl groups excluding tert-OH is 1. The summed E-state index contributed by atoms with van der Waals surface area (Å²) in [6, 6.07) is 20.9. The first-order valence-corrected chi connectivity index (χ1v) is 20.1. The quantitative estimate of drug-likeness (QED) is 0.117. The molecule has 9 nitrogen and oxygen atoms in total. The van der Waals surface area contributed by atoms with Gasteiger partial charge in [0.15, 0.2) is 0 Å². The second kappa shape index (κ2) is 23.7. The standard InChI is InChI=1S/C30H34N6O.C8H18O2.3C2H6/c1-20(2)12-17-37-24-8-4-21(5-9-24)29-31-25-10-6-22(18-27(25)33-29)30-32-26-11-7-23(19-28(26)34-30)36-15-13-35(3)14-16-36;1-4-7-10-8(2,3)5-6-9;3*1-2/h4-11,18-20H,12-17H2,1-3H3,(H,31,33)(H,32,34);9H,4-7H2,1-3H3;3*1-2H3. The fourth-order valence-corrected chi connectivity index (χ4v) is 5.53. The van der Waals surface area contributed by atoms with Crippen LogP contribution in [0.15, 0.2) is 60.7 Å². The van der Waals surface area contributed by atoms with Gasteiger partial charge in [-0.2, -0.15) is 0 Å². The summed E-state index contributed by atoms with van der Waals surface area (Å²) in [5.41, 5.74) is 7.14. The van der Waals surface area contributed by atoms with Gasteiger partial charge in [0.05, 0.1) is 34.3 Å². The van der Waals surface area contributed by atoms with Gasteiger partial charge >= 0.3 is 0 Å². The van der Waals surface area contributed by atoms with Gasteiger partial charge < -0.3 is 34.3 Å². The molecule has 1 aliphatic heterocycles. The minimum Gasteiger partial charge on any atom is -0.494 e. The third-order valence-corrected chi connectivity index (χ3v) is 8.59. The average Bonchev–Trinajstić information content (AvgIpc) is 3.81. The fraction of sp³-hybridized carbons (Fsp3) is 0.545. The first-order valence-electron chi connectivity index (χ1n) is 20.1. The number of rotatable bonds is 12. The summed E-state index contributed by atoms with van der Waals surface area (Å²) in [7, 11) is 2.18. The van der Waals surface area contributed by atoms with Crippen molar-refractivity contribution in [1.29, 1.82) is 0 Å². The zero-order valence-corrected chi connectivity index (χ0v) is 35.0. The van der Waals surface area contributed by atoms with Crippen LogP contribution >= 0.6 is 0 Å². The summed E-state index contributed by atoms with van der Waals surface area (Å²) in [5, 5.41) is 8.62. The molecule has 1 fully saturated rings. The highest BCUT2D eigenvalue weighted by Crippen LogP contribution is 2.29. The van der Waals surface area contributed by atoms with Crippen molar-refractivity contribution in [3.05, 3.63) is 60.7 Å². The Bertz CT molecular complexity index is 1700. The maximum absolute atomic E-state index is 8.62. The van der Waals surface area contributed by atoms with Crippen molar-refractivity contribution in [2.24, 2.45) is 5.92 Å². The Labute approximate surface area is 320 Å². The van der Waals surface area contributed by atoms with Crippen LogP contribution in [0.4, 0.5) is 5.69 Å². The lowest BCUT2D eigenvalue weighted by Gasteiger charge is -2.34. The minimum absolute atomic E-state index is 0.148. The summed E-state index contributed by atoms with van der Waals surface area (Å²) >= 11 is 0. The molecule has 0 amide bonds. The normalized spacial score (nSPS) is 12.9. The number of fused-ring (bicyclic) bond motifs is 2. The third-order valence-electron chi connectivity index (χ3n) is 8.59. The monoisotopic (exact) mass is 731 g/mol. The van der Waals surface area contributed by atoms with Gasteiger partial charge in [0.2, 0.25) is 0 Å². The van der Waals surface area contributed by atoms with Crippen LogP contribution in [0.25, 0.3) is 44.8 Å². The lowest BCUT2D eigenvalue weighted by molar-refractivity contribution is -0.0321. The number of aromatic nitrogens is 4. The molecule has 5 aromatic rings. The van der Waals surface area contributed by atoms with Crippen molar-refractivity contribution in [2.75, 3.05) is 57.9 Å². The van der Waals surface area contributed by atoms with Crippen LogP contribution in [-0.4, -0.2) is 88.6 Å². The summed E-state index contributed by atoms with van der Waals surface area (Å²) in [5.74, 6) is 3.25. The number of anilines is 1. The number of imidazole rings is 2. The number of hydrogen-bond donors (Lipinski definition) is 3. The van der Waals surface area contributed by atoms with Crippen LogP contribution in [0.2, 0.25) is 0 Å². The predicted octanol–water partition coefficient (Wildman–Crippen LogP) is 10.6. The molecule has 0 spiro atoms. The molecule has 6 rings (SSSR count). The molecular formula is C44H70N6O3. The number of ether oxygens (including phenoxy) is 2. The van der Waals surface area contributed by atoms with E-state index < -0.39 is 0 Å². The Morgan fingerprint density at radius 1 is 0.755 bits per heavy atom. The summed E-state index contributed by atoms with van der Waals surface area (Å²) < 4.78 is 11.3. The molecule has 0 radical (unpaired) electrons. The molecule has 3 N–H and O–H groups in total. The van der Waals surface area contributed by atoms with Crippen LogP contribution in [-0.2, 0) is 4.74 Å². The second-order valence-corrected chi connectivity index (χ2v) is 13.5. The minimum atomic E-state index is -0.148. The van der Waals surface area contributed by atoms with E-state index in [2.05, 4.69) is 96.1 Å². The summed E-state index contributed by atoms with van der Waals surface area (Å²) in [6.07, 6.45) is 2.80. The first-order chi connectivity index (χ1) is 25.6. The third kappa shape index (κ3) is 14.1. The van der Waals surface area contributed by atoms with E-state index in [-0.39, 0.29) is 12.2 Å². The number of aliphatic hydroxyl groups is 1. The molecule has 0 atom stereocenters. The molecule has 2 aromatic heterocycles. The van der Waals surface area contributed by atoms with Gasteiger partial charge in [-0.05, 0) is 107 Å². The van der Waals surface area contributed by atoms with E-state index in [1.54, 1.807) is 0 Å². The van der Waals surface area contributed by atoms with E-state index in [1.807, 2.05) is 67.5 Å². The second-order valence-electron chi connectivity index (χ2n) is 13.5. The zero-order chi connectivity index (χ0) is 39.4. The molecule has 1 aliphatic rings. The maximum atomic E-state index is 8.62. The van der Waals surface area contributed by atoms with Crippen LogP contribution in [0.5, 0.6) is 5.75 Å². The molecule has 1 saturated heterocycles. The number of aromatic amines is 2. The fourth-order valence-electron chi connectivity index (χ4n) is 5.53. The van der Waals surface area contributed by atoms with Crippen molar-refractivity contribution in [1.82, 2.24) is 24.8 Å². The number of piperazine rings is 1. The Morgan fingerprint density at radius 2 is 1.30 bits per heavy atom. The zero-order valence-electron chi connectivity index (χ0n) is 35.0. The molecular weight excluding hydrogens is 661 g/mol. The Morgan fingerprint density at radius 3 is 1.87 bits per heavy atom. The Kier molecular flexibility index (Phi) is 20.2. The van der Waals surface area contributed by atoms with Crippen LogP contribution in [0, 0.1) is 5.92 Å². The molecule has 3 aromatic carbocycles. The van der Waals surface area contributed by atoms with Crippen LogP contribution in [0.1, 0.15) is 95.4 Å². The lowest BCUT2D eigenvalue weighted by Crippen LogP contribution is -2.44.